The number of allylic oxidation sites excluding steroid dienone is 1. The van der Waals surface area contributed by atoms with Gasteiger partial charge in [0.1, 0.15) is 0 Å². The van der Waals surface area contributed by atoms with E-state index in [4.69, 9.17) is 5.26 Å². The van der Waals surface area contributed by atoms with Crippen LogP contribution in [0.5, 0.6) is 0 Å². The van der Waals surface area contributed by atoms with E-state index in [9.17, 15) is 4.79 Å². The summed E-state index contributed by atoms with van der Waals surface area (Å²) in [5.41, 5.74) is 4.00. The Kier molecular flexibility index (Phi) is 4.00. The van der Waals surface area contributed by atoms with Crippen LogP contribution in [0.3, 0.4) is 0 Å². The van der Waals surface area contributed by atoms with Crippen molar-refractivity contribution in [3.63, 3.8) is 0 Å². The summed E-state index contributed by atoms with van der Waals surface area (Å²) >= 11 is 0. The maximum absolute atomic E-state index is 12.7. The minimum absolute atomic E-state index is 0.0710. The number of carbonyl (C=O) groups is 1. The molecule has 0 atom stereocenters. The van der Waals surface area contributed by atoms with E-state index in [-0.39, 0.29) is 16.7 Å². The van der Waals surface area contributed by atoms with E-state index in [0.717, 1.165) is 11.3 Å². The lowest BCUT2D eigenvalue weighted by molar-refractivity contribution is 0.104. The van der Waals surface area contributed by atoms with Crippen LogP contribution >= 0.6 is 0 Å². The van der Waals surface area contributed by atoms with Gasteiger partial charge in [0.25, 0.3) is 0 Å². The molecule has 2 aromatic rings. The van der Waals surface area contributed by atoms with E-state index in [1.165, 1.54) is 5.56 Å². The van der Waals surface area contributed by atoms with Crippen molar-refractivity contribution in [2.24, 2.45) is 0 Å². The third-order valence-corrected chi connectivity index (χ3v) is 5.47. The molecule has 0 saturated heterocycles. The van der Waals surface area contributed by atoms with Gasteiger partial charge in [-0.3, -0.25) is 4.79 Å². The molecule has 0 saturated carbocycles. The monoisotopic (exact) mass is 330 g/mol. The average molecular weight is 330 g/mol. The minimum atomic E-state index is -0.196. The van der Waals surface area contributed by atoms with Crippen molar-refractivity contribution < 1.29 is 4.79 Å². The van der Waals surface area contributed by atoms with Gasteiger partial charge in [-0.15, -0.1) is 0 Å². The first-order chi connectivity index (χ1) is 11.8. The number of nitriles is 1. The van der Waals surface area contributed by atoms with Crippen LogP contribution in [0.2, 0.25) is 0 Å². The number of rotatable bonds is 2. The van der Waals surface area contributed by atoms with Crippen molar-refractivity contribution in [1.29, 1.82) is 5.26 Å². The Morgan fingerprint density at radius 1 is 1.04 bits per heavy atom. The molecule has 0 bridgehead atoms. The third kappa shape index (κ3) is 2.85. The third-order valence-electron chi connectivity index (χ3n) is 5.47. The van der Waals surface area contributed by atoms with Crippen molar-refractivity contribution in [3.05, 3.63) is 76.9 Å². The van der Waals surface area contributed by atoms with Gasteiger partial charge >= 0.3 is 0 Å². The molecule has 0 fully saturated rings. The van der Waals surface area contributed by atoms with Gasteiger partial charge in [-0.05, 0) is 43.7 Å². The Labute approximate surface area is 149 Å². The number of hydrogen-bond donors (Lipinski definition) is 1. The van der Waals surface area contributed by atoms with Gasteiger partial charge in [0.05, 0.1) is 11.6 Å². The number of fused-ring (bicyclic) bond motifs is 1. The highest BCUT2D eigenvalue weighted by molar-refractivity contribution is 6.08. The van der Waals surface area contributed by atoms with Gasteiger partial charge in [-0.1, -0.05) is 38.1 Å². The molecule has 1 N–H and O–H groups in total. The zero-order valence-electron chi connectivity index (χ0n) is 15.1. The molecule has 1 aliphatic heterocycles. The summed E-state index contributed by atoms with van der Waals surface area (Å²) in [6, 6.07) is 17.0. The quantitative estimate of drug-likeness (QED) is 0.654. The van der Waals surface area contributed by atoms with Crippen molar-refractivity contribution >= 4 is 11.5 Å². The van der Waals surface area contributed by atoms with Crippen molar-refractivity contribution in [3.8, 4) is 6.07 Å². The Morgan fingerprint density at radius 3 is 2.32 bits per heavy atom. The fourth-order valence-corrected chi connectivity index (χ4v) is 3.20. The molecular weight excluding hydrogens is 308 g/mol. The molecule has 3 rings (SSSR count). The molecule has 0 amide bonds. The first-order valence-corrected chi connectivity index (χ1v) is 8.40. The van der Waals surface area contributed by atoms with Crippen LogP contribution in [0.25, 0.3) is 5.70 Å². The smallest absolute Gasteiger partial charge is 0.187 e. The van der Waals surface area contributed by atoms with Crippen LogP contribution in [0.1, 0.15) is 54.7 Å². The van der Waals surface area contributed by atoms with E-state index in [1.807, 2.05) is 12.1 Å². The zero-order valence-corrected chi connectivity index (χ0v) is 15.1. The highest BCUT2D eigenvalue weighted by atomic mass is 16.1. The summed E-state index contributed by atoms with van der Waals surface area (Å²) in [7, 11) is 0. The average Bonchev–Trinajstić information content (AvgIpc) is 2.60. The Bertz CT molecular complexity index is 896. The van der Waals surface area contributed by atoms with E-state index < -0.39 is 0 Å². The first kappa shape index (κ1) is 17.0. The molecular formula is C22H22N2O. The molecule has 0 spiro atoms. The zero-order chi connectivity index (χ0) is 18.2. The molecule has 0 unspecified atom stereocenters. The molecule has 3 nitrogen and oxygen atoms in total. The minimum Gasteiger partial charge on any atom is -0.379 e. The Morgan fingerprint density at radius 2 is 1.68 bits per heavy atom. The summed E-state index contributed by atoms with van der Waals surface area (Å²) in [6.45, 7) is 8.75. The number of hydrogen-bond acceptors (Lipinski definition) is 3. The van der Waals surface area contributed by atoms with Crippen LogP contribution < -0.4 is 5.32 Å². The Balaban J connectivity index is 2.05. The summed E-state index contributed by atoms with van der Waals surface area (Å²) in [5.74, 6) is -0.0719. The predicted molar refractivity (Wildman–Crippen MR) is 100 cm³/mol. The lowest BCUT2D eigenvalue weighted by Gasteiger charge is -2.49. The number of nitrogens with zero attached hydrogens (tertiary/aromatic N) is 1. The normalized spacial score (nSPS) is 18.8. The maximum atomic E-state index is 12.7. The van der Waals surface area contributed by atoms with Gasteiger partial charge < -0.3 is 5.32 Å². The van der Waals surface area contributed by atoms with E-state index in [0.29, 0.717) is 11.1 Å². The van der Waals surface area contributed by atoms with Gasteiger partial charge in [0.15, 0.2) is 5.78 Å². The second kappa shape index (κ2) is 5.89. The molecule has 126 valence electrons. The topological polar surface area (TPSA) is 52.9 Å². The van der Waals surface area contributed by atoms with Gasteiger partial charge in [-0.2, -0.15) is 5.26 Å². The first-order valence-electron chi connectivity index (χ1n) is 8.40. The van der Waals surface area contributed by atoms with Crippen molar-refractivity contribution in [1.82, 2.24) is 5.32 Å². The summed E-state index contributed by atoms with van der Waals surface area (Å²) in [5, 5.41) is 12.4. The second-order valence-corrected chi connectivity index (χ2v) is 7.53. The SMILES string of the molecule is CC1(C)NC(=CC(=O)c2ccc(C#N)cc2)c2ccccc2C1(C)C. The highest BCUT2D eigenvalue weighted by Crippen LogP contribution is 2.43. The largest absolute Gasteiger partial charge is 0.379 e. The lowest BCUT2D eigenvalue weighted by Crippen LogP contribution is -2.56. The predicted octanol–water partition coefficient (Wildman–Crippen LogP) is 4.44. The van der Waals surface area contributed by atoms with Gasteiger partial charge in [-0.25, -0.2) is 0 Å². The van der Waals surface area contributed by atoms with E-state index >= 15 is 0 Å². The number of carbonyl (C=O) groups excluding carboxylic acids is 1. The maximum Gasteiger partial charge on any atom is 0.187 e. The molecule has 2 aromatic carbocycles. The van der Waals surface area contributed by atoms with Crippen LogP contribution in [-0.2, 0) is 5.41 Å². The molecule has 0 aromatic heterocycles. The van der Waals surface area contributed by atoms with Crippen LogP contribution in [0.4, 0.5) is 0 Å². The number of benzene rings is 2. The molecule has 3 heteroatoms. The molecule has 1 aliphatic rings. The Hall–Kier alpha value is -2.86. The van der Waals surface area contributed by atoms with E-state index in [1.54, 1.807) is 30.3 Å². The lowest BCUT2D eigenvalue weighted by atomic mass is 9.65. The summed E-state index contributed by atoms with van der Waals surface area (Å²) in [4.78, 5) is 12.7. The van der Waals surface area contributed by atoms with E-state index in [2.05, 4.69) is 51.2 Å². The molecule has 1 heterocycles. The molecule has 25 heavy (non-hydrogen) atoms. The molecule has 0 radical (unpaired) electrons. The second-order valence-electron chi connectivity index (χ2n) is 7.53. The fraction of sp³-hybridized carbons (Fsp3) is 0.273. The summed E-state index contributed by atoms with van der Waals surface area (Å²) in [6.07, 6.45) is 1.66. The van der Waals surface area contributed by atoms with Gasteiger partial charge in [0, 0.05) is 33.9 Å². The van der Waals surface area contributed by atoms with Gasteiger partial charge in [0.2, 0.25) is 0 Å². The van der Waals surface area contributed by atoms with Crippen molar-refractivity contribution in [2.75, 3.05) is 0 Å². The number of ketones is 1. The van der Waals surface area contributed by atoms with Crippen LogP contribution in [-0.4, -0.2) is 11.3 Å². The van der Waals surface area contributed by atoms with Crippen LogP contribution in [0.15, 0.2) is 54.6 Å². The van der Waals surface area contributed by atoms with Crippen molar-refractivity contribution in [2.45, 2.75) is 38.6 Å². The number of nitrogens with one attached hydrogen (secondary N) is 1. The highest BCUT2D eigenvalue weighted by Gasteiger charge is 2.44. The summed E-state index contributed by atoms with van der Waals surface area (Å²) < 4.78 is 0. The standard InChI is InChI=1S/C22H22N2O/c1-21(2)18-8-6-5-7-17(18)19(24-22(21,3)4)13-20(25)16-11-9-15(14-23)10-12-16/h5-13,24H,1-4H3. The molecule has 0 aliphatic carbocycles. The van der Waals surface area contributed by atoms with Crippen LogP contribution in [0, 0.1) is 11.3 Å². The fourth-order valence-electron chi connectivity index (χ4n) is 3.20.